The second-order valence-electron chi connectivity index (χ2n) is 13.0. The number of fused-ring (bicyclic) bond motifs is 6. The zero-order valence-corrected chi connectivity index (χ0v) is 25.2. The Morgan fingerprint density at radius 3 is 2.25 bits per heavy atom. The maximum absolute atomic E-state index is 7.15. The number of piperidine rings is 3. The average molecular weight is 576 g/mol. The summed E-state index contributed by atoms with van der Waals surface area (Å²) in [6, 6.07) is 42.0. The van der Waals surface area contributed by atoms with Gasteiger partial charge in [0, 0.05) is 35.9 Å². The molecule has 0 radical (unpaired) electrons. The molecule has 44 heavy (non-hydrogen) atoms. The third-order valence-electron chi connectivity index (χ3n) is 10.6. The maximum Gasteiger partial charge on any atom is 0.135 e. The van der Waals surface area contributed by atoms with Crippen LogP contribution in [0.15, 0.2) is 134 Å². The molecular weight excluding hydrogens is 536 g/mol. The molecule has 6 aromatic rings. The van der Waals surface area contributed by atoms with E-state index in [2.05, 4.69) is 128 Å². The minimum atomic E-state index is -0.0575. The van der Waals surface area contributed by atoms with Crippen LogP contribution in [0, 0.1) is 11.8 Å². The van der Waals surface area contributed by atoms with Gasteiger partial charge in [0.2, 0.25) is 0 Å². The number of ether oxygens (including phenoxy) is 1. The van der Waals surface area contributed by atoms with Gasteiger partial charge in [0.25, 0.3) is 0 Å². The normalized spacial score (nSPS) is 23.7. The fraction of sp³-hybridized carbons (Fsp3) is 0.244. The van der Waals surface area contributed by atoms with Gasteiger partial charge >= 0.3 is 0 Å². The first-order chi connectivity index (χ1) is 21.7. The number of nitrogens with zero attached hydrogens (tertiary/aromatic N) is 2. The molecule has 0 N–H and O–H groups in total. The van der Waals surface area contributed by atoms with Crippen LogP contribution in [0.2, 0.25) is 0 Å². The van der Waals surface area contributed by atoms with E-state index in [4.69, 9.17) is 9.72 Å². The lowest BCUT2D eigenvalue weighted by atomic mass is 9.70. The predicted octanol–water partition coefficient (Wildman–Crippen LogP) is 9.41. The summed E-state index contributed by atoms with van der Waals surface area (Å²) in [5, 5.41) is 6.58. The van der Waals surface area contributed by atoms with Crippen molar-refractivity contribution in [3.63, 3.8) is 0 Å². The van der Waals surface area contributed by atoms with E-state index < -0.39 is 0 Å². The number of hydrogen-bond donors (Lipinski definition) is 0. The van der Waals surface area contributed by atoms with Gasteiger partial charge in [-0.05, 0) is 56.8 Å². The van der Waals surface area contributed by atoms with Crippen LogP contribution in [0.25, 0.3) is 32.4 Å². The molecule has 218 valence electrons. The minimum Gasteiger partial charge on any atom is -0.363 e. The lowest BCUT2D eigenvalue weighted by molar-refractivity contribution is -0.984. The van der Waals surface area contributed by atoms with E-state index in [0.29, 0.717) is 24.5 Å². The molecule has 5 aromatic carbocycles. The second-order valence-corrected chi connectivity index (χ2v) is 13.0. The number of hydrogen-bond acceptors (Lipinski definition) is 2. The van der Waals surface area contributed by atoms with E-state index in [-0.39, 0.29) is 6.10 Å². The Bertz CT molecular complexity index is 1910. The fourth-order valence-corrected chi connectivity index (χ4v) is 8.49. The van der Waals surface area contributed by atoms with Gasteiger partial charge < -0.3 is 9.22 Å². The molecule has 2 bridgehead atoms. The van der Waals surface area contributed by atoms with Crippen molar-refractivity contribution in [1.82, 2.24) is 4.98 Å². The molecule has 0 amide bonds. The summed E-state index contributed by atoms with van der Waals surface area (Å²) in [4.78, 5) is 4.74. The molecule has 3 aliphatic heterocycles. The van der Waals surface area contributed by atoms with Crippen molar-refractivity contribution >= 4 is 32.4 Å². The van der Waals surface area contributed by atoms with E-state index in [1.807, 2.05) is 6.20 Å². The Hall–Kier alpha value is -4.31. The van der Waals surface area contributed by atoms with Gasteiger partial charge in [-0.3, -0.25) is 4.98 Å². The average Bonchev–Trinajstić information content (AvgIpc) is 3.09. The number of pyridine rings is 1. The fourth-order valence-electron chi connectivity index (χ4n) is 8.49. The second kappa shape index (κ2) is 11.3. The van der Waals surface area contributed by atoms with E-state index in [1.165, 1.54) is 50.0 Å². The monoisotopic (exact) mass is 575 g/mol. The summed E-state index contributed by atoms with van der Waals surface area (Å²) >= 11 is 0. The maximum atomic E-state index is 7.15. The number of benzene rings is 5. The Kier molecular flexibility index (Phi) is 7.01. The van der Waals surface area contributed by atoms with E-state index in [1.54, 1.807) is 0 Å². The van der Waals surface area contributed by atoms with Crippen LogP contribution in [-0.4, -0.2) is 28.6 Å². The molecule has 0 unspecified atom stereocenters. The van der Waals surface area contributed by atoms with Crippen LogP contribution < -0.4 is 0 Å². The Balaban J connectivity index is 1.30. The Morgan fingerprint density at radius 2 is 1.50 bits per heavy atom. The molecule has 3 nitrogen and oxygen atoms in total. The van der Waals surface area contributed by atoms with Crippen LogP contribution in [0.1, 0.15) is 35.6 Å². The topological polar surface area (TPSA) is 22.1 Å². The van der Waals surface area contributed by atoms with Crippen LogP contribution >= 0.6 is 0 Å². The molecule has 4 heterocycles. The van der Waals surface area contributed by atoms with E-state index >= 15 is 0 Å². The lowest BCUT2D eigenvalue weighted by Crippen LogP contribution is -2.67. The first kappa shape index (κ1) is 27.3. The smallest absolute Gasteiger partial charge is 0.135 e. The highest BCUT2D eigenvalue weighted by Gasteiger charge is 2.55. The molecule has 0 spiro atoms. The molecule has 5 atom stereocenters. The number of rotatable bonds is 8. The third-order valence-corrected chi connectivity index (χ3v) is 10.6. The van der Waals surface area contributed by atoms with Crippen LogP contribution in [-0.2, 0) is 17.9 Å². The van der Waals surface area contributed by atoms with Gasteiger partial charge in [-0.2, -0.15) is 0 Å². The highest BCUT2D eigenvalue weighted by Crippen LogP contribution is 2.50. The van der Waals surface area contributed by atoms with Gasteiger partial charge in [0.15, 0.2) is 0 Å². The molecule has 3 fully saturated rings. The minimum absolute atomic E-state index is 0.0575. The molecule has 3 aliphatic rings. The first-order valence-electron chi connectivity index (χ1n) is 16.1. The summed E-state index contributed by atoms with van der Waals surface area (Å²) in [5.41, 5.74) is 4.97. The molecule has 1 aromatic heterocycles. The highest BCUT2D eigenvalue weighted by atomic mass is 16.5. The molecular formula is C41H39N2O+. The van der Waals surface area contributed by atoms with Gasteiger partial charge in [-0.25, -0.2) is 0 Å². The van der Waals surface area contributed by atoms with Gasteiger partial charge in [0.1, 0.15) is 18.7 Å². The standard InChI is InChI=1S/C41H39N2O/c1-2-30-26-43(27-38-34-16-8-6-14-32(34)24-33-15-7-9-17-35(33)38)23-21-31(30)25-40(43)41(44-28-29-12-4-3-5-13-29)37-20-22-42-39-19-11-10-18-36(37)39/h2-20,22,24,30-31,40-41H,1,21,23,25-28H2/q+1/t30-,31-,40+,41+,43-/m0/s1. The number of aromatic nitrogens is 1. The lowest BCUT2D eigenvalue weighted by Gasteiger charge is -2.58. The zero-order chi connectivity index (χ0) is 29.5. The summed E-state index contributed by atoms with van der Waals surface area (Å²) < 4.78 is 8.17. The van der Waals surface area contributed by atoms with Crippen molar-refractivity contribution in [2.75, 3.05) is 13.1 Å². The summed E-state index contributed by atoms with van der Waals surface area (Å²) in [6.45, 7) is 8.17. The first-order valence-corrected chi connectivity index (χ1v) is 16.1. The molecule has 0 saturated carbocycles. The van der Waals surface area contributed by atoms with Gasteiger partial charge in [-0.15, -0.1) is 6.58 Å². The van der Waals surface area contributed by atoms with Crippen molar-refractivity contribution in [2.45, 2.75) is 38.1 Å². The SMILES string of the molecule is C=C[C@H]1C[N@+]2(Cc3c4ccccc4cc4ccccc34)CC[C@H]1C[C@@H]2[C@H](OCc1ccccc1)c1ccnc2ccccc12. The van der Waals surface area contributed by atoms with Crippen molar-refractivity contribution in [3.8, 4) is 0 Å². The molecule has 0 aliphatic carbocycles. The Morgan fingerprint density at radius 1 is 0.818 bits per heavy atom. The van der Waals surface area contributed by atoms with Gasteiger partial charge in [-0.1, -0.05) is 103 Å². The van der Waals surface area contributed by atoms with E-state index in [9.17, 15) is 0 Å². The summed E-state index contributed by atoms with van der Waals surface area (Å²) in [5.74, 6) is 1.16. The zero-order valence-electron chi connectivity index (χ0n) is 25.2. The summed E-state index contributed by atoms with van der Waals surface area (Å²) in [7, 11) is 0. The van der Waals surface area contributed by atoms with Crippen molar-refractivity contribution in [3.05, 3.63) is 151 Å². The quantitative estimate of drug-likeness (QED) is 0.102. The Labute approximate surface area is 260 Å². The van der Waals surface area contributed by atoms with Crippen molar-refractivity contribution in [2.24, 2.45) is 11.8 Å². The summed E-state index contributed by atoms with van der Waals surface area (Å²) in [6.07, 6.45) is 6.53. The largest absolute Gasteiger partial charge is 0.363 e. The van der Waals surface area contributed by atoms with Crippen LogP contribution in [0.4, 0.5) is 0 Å². The van der Waals surface area contributed by atoms with Crippen molar-refractivity contribution in [1.29, 1.82) is 0 Å². The highest BCUT2D eigenvalue weighted by molar-refractivity contribution is 6.02. The molecule has 3 heteroatoms. The number of quaternary nitrogens is 1. The molecule has 3 saturated heterocycles. The van der Waals surface area contributed by atoms with Crippen molar-refractivity contribution < 1.29 is 9.22 Å². The van der Waals surface area contributed by atoms with Gasteiger partial charge in [0.05, 0.1) is 25.2 Å². The molecule has 9 rings (SSSR count). The van der Waals surface area contributed by atoms with Crippen LogP contribution in [0.5, 0.6) is 0 Å². The van der Waals surface area contributed by atoms with Crippen LogP contribution in [0.3, 0.4) is 0 Å². The number of para-hydroxylation sites is 1. The predicted molar refractivity (Wildman–Crippen MR) is 181 cm³/mol. The third kappa shape index (κ3) is 4.72. The van der Waals surface area contributed by atoms with E-state index in [0.717, 1.165) is 36.1 Å².